The van der Waals surface area contributed by atoms with Gasteiger partial charge in [0.1, 0.15) is 11.6 Å². The van der Waals surface area contributed by atoms with Gasteiger partial charge in [0.05, 0.1) is 15.6 Å². The summed E-state index contributed by atoms with van der Waals surface area (Å²) in [6, 6.07) is 2.06. The molecule has 6 heteroatoms. The van der Waals surface area contributed by atoms with E-state index in [0.717, 1.165) is 73.2 Å². The second-order valence-corrected chi connectivity index (χ2v) is 8.90. The molecule has 4 heterocycles. The van der Waals surface area contributed by atoms with Gasteiger partial charge < -0.3 is 9.80 Å². The molecule has 3 aliphatic rings. The molecule has 2 aliphatic heterocycles. The lowest BCUT2D eigenvalue weighted by Gasteiger charge is -2.39. The first-order valence-electron chi connectivity index (χ1n) is 9.41. The van der Waals surface area contributed by atoms with Gasteiger partial charge in [-0.2, -0.15) is 0 Å². The summed E-state index contributed by atoms with van der Waals surface area (Å²) in [4.78, 5) is 27.0. The molecule has 0 bridgehead atoms. The molecule has 1 spiro atoms. The Kier molecular flexibility index (Phi) is 3.52. The van der Waals surface area contributed by atoms with Crippen LogP contribution < -0.4 is 4.90 Å². The van der Waals surface area contributed by atoms with Crippen LogP contribution in [0, 0.1) is 18.3 Å². The summed E-state index contributed by atoms with van der Waals surface area (Å²) in [5.74, 6) is 3.02. The SMILES string of the molecule is Cc1nc(N2CC[C@@]3(CCCN(CC4CC4)C3=O)C2)c2sccc2n1. The Bertz CT molecular complexity index is 830. The highest BCUT2D eigenvalue weighted by Crippen LogP contribution is 2.44. The highest BCUT2D eigenvalue weighted by atomic mass is 32.1. The molecule has 2 aromatic heterocycles. The first kappa shape index (κ1) is 15.6. The number of hydrogen-bond acceptors (Lipinski definition) is 5. The third kappa shape index (κ3) is 2.62. The number of nitrogens with zero attached hydrogens (tertiary/aromatic N) is 4. The van der Waals surface area contributed by atoms with Crippen LogP contribution in [-0.4, -0.2) is 47.0 Å². The van der Waals surface area contributed by atoms with Gasteiger partial charge in [0, 0.05) is 26.2 Å². The van der Waals surface area contributed by atoms with Crippen molar-refractivity contribution in [2.24, 2.45) is 11.3 Å². The molecule has 1 atom stereocenters. The number of aromatic nitrogens is 2. The van der Waals surface area contributed by atoms with Crippen LogP contribution in [0.2, 0.25) is 0 Å². The number of thiophene rings is 1. The summed E-state index contributed by atoms with van der Waals surface area (Å²) >= 11 is 1.70. The Morgan fingerprint density at radius 3 is 3.00 bits per heavy atom. The van der Waals surface area contributed by atoms with E-state index in [0.29, 0.717) is 5.91 Å². The van der Waals surface area contributed by atoms with Crippen molar-refractivity contribution >= 4 is 33.3 Å². The first-order valence-corrected chi connectivity index (χ1v) is 10.3. The fourth-order valence-corrected chi connectivity index (χ4v) is 5.39. The highest BCUT2D eigenvalue weighted by Gasteiger charge is 2.49. The number of hydrogen-bond donors (Lipinski definition) is 0. The van der Waals surface area contributed by atoms with Crippen molar-refractivity contribution in [3.8, 4) is 0 Å². The fraction of sp³-hybridized carbons (Fsp3) is 0.632. The van der Waals surface area contributed by atoms with Crippen molar-refractivity contribution in [2.45, 2.75) is 39.0 Å². The first-order chi connectivity index (χ1) is 12.1. The fourth-order valence-electron chi connectivity index (χ4n) is 4.55. The van der Waals surface area contributed by atoms with Gasteiger partial charge in [0.15, 0.2) is 0 Å². The molecule has 0 unspecified atom stereocenters. The van der Waals surface area contributed by atoms with E-state index >= 15 is 0 Å². The monoisotopic (exact) mass is 356 g/mol. The lowest BCUT2D eigenvalue weighted by atomic mass is 9.78. The van der Waals surface area contributed by atoms with Crippen LogP contribution in [0.1, 0.15) is 37.9 Å². The summed E-state index contributed by atoms with van der Waals surface area (Å²) < 4.78 is 1.15. The number of amides is 1. The molecule has 1 saturated carbocycles. The predicted molar refractivity (Wildman–Crippen MR) is 100.0 cm³/mol. The maximum absolute atomic E-state index is 13.2. The molecule has 5 nitrogen and oxygen atoms in total. The minimum absolute atomic E-state index is 0.185. The summed E-state index contributed by atoms with van der Waals surface area (Å²) in [6.45, 7) is 5.64. The Morgan fingerprint density at radius 1 is 1.28 bits per heavy atom. The molecule has 25 heavy (non-hydrogen) atoms. The molecule has 2 aromatic rings. The number of carbonyl (C=O) groups is 1. The number of aryl methyl sites for hydroxylation is 1. The van der Waals surface area contributed by atoms with Crippen LogP contribution in [0.3, 0.4) is 0 Å². The topological polar surface area (TPSA) is 49.3 Å². The Hall–Kier alpha value is -1.69. The number of likely N-dealkylation sites (tertiary alicyclic amines) is 1. The largest absolute Gasteiger partial charge is 0.354 e. The van der Waals surface area contributed by atoms with Crippen molar-refractivity contribution in [1.82, 2.24) is 14.9 Å². The molecule has 2 saturated heterocycles. The van der Waals surface area contributed by atoms with Gasteiger partial charge in [-0.15, -0.1) is 11.3 Å². The van der Waals surface area contributed by atoms with E-state index < -0.39 is 0 Å². The van der Waals surface area contributed by atoms with E-state index in [2.05, 4.69) is 26.2 Å². The maximum atomic E-state index is 13.2. The van der Waals surface area contributed by atoms with Crippen LogP contribution >= 0.6 is 11.3 Å². The van der Waals surface area contributed by atoms with E-state index in [1.165, 1.54) is 12.8 Å². The van der Waals surface area contributed by atoms with Crippen molar-refractivity contribution in [1.29, 1.82) is 0 Å². The van der Waals surface area contributed by atoms with Crippen LogP contribution in [-0.2, 0) is 4.79 Å². The van der Waals surface area contributed by atoms with Gasteiger partial charge in [-0.25, -0.2) is 9.97 Å². The summed E-state index contributed by atoms with van der Waals surface area (Å²) in [5, 5.41) is 2.08. The molecule has 132 valence electrons. The summed E-state index contributed by atoms with van der Waals surface area (Å²) in [5.41, 5.74) is 0.842. The van der Waals surface area contributed by atoms with Gasteiger partial charge in [-0.3, -0.25) is 4.79 Å². The third-order valence-corrected chi connectivity index (χ3v) is 6.95. The van der Waals surface area contributed by atoms with Crippen LogP contribution in [0.4, 0.5) is 5.82 Å². The molecule has 3 fully saturated rings. The molecule has 0 aromatic carbocycles. The summed E-state index contributed by atoms with van der Waals surface area (Å²) in [7, 11) is 0. The normalized spacial score (nSPS) is 27.0. The van der Waals surface area contributed by atoms with Crippen molar-refractivity contribution in [3.63, 3.8) is 0 Å². The quantitative estimate of drug-likeness (QED) is 0.847. The molecule has 5 rings (SSSR count). The zero-order valence-corrected chi connectivity index (χ0v) is 15.5. The Balaban J connectivity index is 1.43. The number of carbonyl (C=O) groups excluding carboxylic acids is 1. The number of piperidine rings is 1. The van der Waals surface area contributed by atoms with Crippen LogP contribution in [0.5, 0.6) is 0 Å². The lowest BCUT2D eigenvalue weighted by molar-refractivity contribution is -0.145. The van der Waals surface area contributed by atoms with Gasteiger partial charge in [0.2, 0.25) is 5.91 Å². The van der Waals surface area contributed by atoms with Crippen molar-refractivity contribution in [3.05, 3.63) is 17.3 Å². The average Bonchev–Trinajstić information content (AvgIpc) is 3.12. The van der Waals surface area contributed by atoms with E-state index in [1.807, 2.05) is 6.92 Å². The lowest BCUT2D eigenvalue weighted by Crippen LogP contribution is -2.50. The van der Waals surface area contributed by atoms with E-state index in [9.17, 15) is 4.79 Å². The van der Waals surface area contributed by atoms with Crippen LogP contribution in [0.15, 0.2) is 11.4 Å². The predicted octanol–water partition coefficient (Wildman–Crippen LogP) is 3.23. The number of fused-ring (bicyclic) bond motifs is 1. The smallest absolute Gasteiger partial charge is 0.230 e. The van der Waals surface area contributed by atoms with Gasteiger partial charge in [0.25, 0.3) is 0 Å². The van der Waals surface area contributed by atoms with Gasteiger partial charge >= 0.3 is 0 Å². The maximum Gasteiger partial charge on any atom is 0.230 e. The second-order valence-electron chi connectivity index (χ2n) is 7.98. The van der Waals surface area contributed by atoms with E-state index in [4.69, 9.17) is 4.98 Å². The minimum atomic E-state index is -0.185. The number of anilines is 1. The molecular formula is C19H24N4OS. The third-order valence-electron chi connectivity index (χ3n) is 6.05. The Morgan fingerprint density at radius 2 is 2.16 bits per heavy atom. The standard InChI is InChI=1S/C19H24N4OS/c1-13-20-15-5-10-25-16(15)17(21-13)23-9-7-19(12-23)6-2-8-22(18(19)24)11-14-3-4-14/h5,10,14H,2-4,6-9,11-12H2,1H3/t19-/m0/s1. The van der Waals surface area contributed by atoms with E-state index in [-0.39, 0.29) is 5.41 Å². The van der Waals surface area contributed by atoms with Crippen LogP contribution in [0.25, 0.3) is 10.2 Å². The molecule has 1 amide bonds. The average molecular weight is 356 g/mol. The summed E-state index contributed by atoms with van der Waals surface area (Å²) in [6.07, 6.45) is 5.74. The molecule has 1 aliphatic carbocycles. The minimum Gasteiger partial charge on any atom is -0.354 e. The van der Waals surface area contributed by atoms with Gasteiger partial charge in [-0.1, -0.05) is 0 Å². The Labute approximate surface area is 152 Å². The zero-order chi connectivity index (χ0) is 17.0. The van der Waals surface area contributed by atoms with Gasteiger partial charge in [-0.05, 0) is 56.4 Å². The molecule has 0 radical (unpaired) electrons. The molecule has 0 N–H and O–H groups in total. The van der Waals surface area contributed by atoms with Crippen molar-refractivity contribution < 1.29 is 4.79 Å². The highest BCUT2D eigenvalue weighted by molar-refractivity contribution is 7.17. The van der Waals surface area contributed by atoms with Crippen molar-refractivity contribution in [2.75, 3.05) is 31.1 Å². The van der Waals surface area contributed by atoms with E-state index in [1.54, 1.807) is 11.3 Å². The number of rotatable bonds is 3. The second kappa shape index (κ2) is 5.66. The zero-order valence-electron chi connectivity index (χ0n) is 14.7. The molecular weight excluding hydrogens is 332 g/mol.